The highest BCUT2D eigenvalue weighted by Crippen LogP contribution is 2.42. The molecule has 0 aliphatic heterocycles. The van der Waals surface area contributed by atoms with Crippen LogP contribution in [-0.2, 0) is 8.85 Å². The summed E-state index contributed by atoms with van der Waals surface area (Å²) in [6.07, 6.45) is 1.95. The van der Waals surface area contributed by atoms with Gasteiger partial charge in [0.2, 0.25) is 0 Å². The molecule has 0 aliphatic carbocycles. The predicted molar refractivity (Wildman–Crippen MR) is 118 cm³/mol. The van der Waals surface area contributed by atoms with Crippen LogP contribution in [0.5, 0.6) is 0 Å². The van der Waals surface area contributed by atoms with Crippen LogP contribution in [0.3, 0.4) is 0 Å². The Labute approximate surface area is 165 Å². The number of carbonyl (C=O) groups excluding carboxylic acids is 1. The minimum Gasteiger partial charge on any atom is -0.503 e. The fourth-order valence-corrected chi connectivity index (χ4v) is 11.1. The van der Waals surface area contributed by atoms with E-state index in [9.17, 15) is 4.79 Å². The average molecular weight is 404 g/mol. The van der Waals surface area contributed by atoms with E-state index < -0.39 is 16.6 Å². The van der Waals surface area contributed by atoms with Crippen molar-refractivity contribution in [3.63, 3.8) is 0 Å². The summed E-state index contributed by atoms with van der Waals surface area (Å²) in [5.74, 6) is 0. The minimum absolute atomic E-state index is 0.107. The van der Waals surface area contributed by atoms with Crippen LogP contribution in [0.2, 0.25) is 35.8 Å². The van der Waals surface area contributed by atoms with Crippen LogP contribution < -0.4 is 0 Å². The third-order valence-corrected chi connectivity index (χ3v) is 14.0. The zero-order valence-corrected chi connectivity index (χ0v) is 21.1. The minimum atomic E-state index is -2.17. The van der Waals surface area contributed by atoms with Crippen molar-refractivity contribution >= 4 is 22.7 Å². The Morgan fingerprint density at radius 3 is 1.85 bits per heavy atom. The highest BCUT2D eigenvalue weighted by Gasteiger charge is 2.48. The van der Waals surface area contributed by atoms with Crippen molar-refractivity contribution in [1.29, 1.82) is 0 Å². The third kappa shape index (κ3) is 7.35. The quantitative estimate of drug-likeness (QED) is 0.343. The lowest BCUT2D eigenvalue weighted by Gasteiger charge is -2.42. The lowest BCUT2D eigenvalue weighted by Crippen LogP contribution is -2.52. The summed E-state index contributed by atoms with van der Waals surface area (Å²) < 4.78 is 12.4. The SMILES string of the molecule is CCCO[Si](C)(C)CCCN(CC)C(=O)O[Si](C(C)C)(C(C)C)C(C)C. The summed E-state index contributed by atoms with van der Waals surface area (Å²) in [6, 6.07) is 1.08. The molecule has 26 heavy (non-hydrogen) atoms. The Hall–Kier alpha value is -0.336. The predicted octanol–water partition coefficient (Wildman–Crippen LogP) is 6.64. The molecule has 0 rings (SSSR count). The molecule has 0 unspecified atom stereocenters. The van der Waals surface area contributed by atoms with Crippen LogP contribution in [-0.4, -0.2) is 47.3 Å². The van der Waals surface area contributed by atoms with Gasteiger partial charge in [0.25, 0.3) is 8.32 Å². The number of nitrogens with zero attached hydrogens (tertiary/aromatic N) is 1. The van der Waals surface area contributed by atoms with Gasteiger partial charge in [0.05, 0.1) is 0 Å². The first-order valence-electron chi connectivity index (χ1n) is 10.6. The lowest BCUT2D eigenvalue weighted by atomic mass is 10.4. The molecule has 156 valence electrons. The smallest absolute Gasteiger partial charge is 0.396 e. The second-order valence-corrected chi connectivity index (χ2v) is 18.7. The molecule has 0 aromatic heterocycles. The maximum absolute atomic E-state index is 12.9. The first-order chi connectivity index (χ1) is 11.9. The molecule has 0 N–H and O–H groups in total. The van der Waals surface area contributed by atoms with Gasteiger partial charge in [-0.3, -0.25) is 0 Å². The zero-order chi connectivity index (χ0) is 20.5. The molecule has 0 atom stereocenters. The van der Waals surface area contributed by atoms with Gasteiger partial charge in [0.15, 0.2) is 8.32 Å². The number of hydrogen-bond donors (Lipinski definition) is 0. The van der Waals surface area contributed by atoms with Crippen molar-refractivity contribution in [2.45, 2.75) is 104 Å². The van der Waals surface area contributed by atoms with Crippen LogP contribution in [0, 0.1) is 0 Å². The molecule has 0 saturated carbocycles. The molecule has 0 aliphatic rings. The summed E-state index contributed by atoms with van der Waals surface area (Å²) in [6.45, 7) is 24.3. The molecule has 0 aromatic carbocycles. The Morgan fingerprint density at radius 1 is 0.962 bits per heavy atom. The maximum Gasteiger partial charge on any atom is 0.396 e. The number of carbonyl (C=O) groups is 1. The van der Waals surface area contributed by atoms with Crippen molar-refractivity contribution in [3.8, 4) is 0 Å². The standard InChI is InChI=1S/C20H45NO3Si2/c1-11-15-23-25(9,10)16-13-14-21(12-2)20(22)24-26(17(3)4,18(5)6)19(7)8/h17-19H,11-16H2,1-10H3. The zero-order valence-electron chi connectivity index (χ0n) is 19.1. The van der Waals surface area contributed by atoms with Crippen molar-refractivity contribution < 1.29 is 13.6 Å². The molecular formula is C20H45NO3Si2. The molecule has 0 aromatic rings. The Balaban J connectivity index is 4.92. The van der Waals surface area contributed by atoms with Crippen molar-refractivity contribution in [3.05, 3.63) is 0 Å². The Morgan fingerprint density at radius 2 is 1.46 bits per heavy atom. The lowest BCUT2D eigenvalue weighted by molar-refractivity contribution is 0.147. The van der Waals surface area contributed by atoms with E-state index in [0.717, 1.165) is 32.0 Å². The van der Waals surface area contributed by atoms with E-state index in [0.29, 0.717) is 23.2 Å². The summed E-state index contributed by atoms with van der Waals surface area (Å²) in [4.78, 5) is 14.8. The van der Waals surface area contributed by atoms with Gasteiger partial charge in [-0.2, -0.15) is 0 Å². The molecular weight excluding hydrogens is 358 g/mol. The first-order valence-corrected chi connectivity index (χ1v) is 15.8. The van der Waals surface area contributed by atoms with E-state index in [4.69, 9.17) is 8.85 Å². The molecule has 0 bridgehead atoms. The highest BCUT2D eigenvalue weighted by atomic mass is 28.4. The summed E-state index contributed by atoms with van der Waals surface area (Å²) in [7, 11) is -3.78. The number of hydrogen-bond acceptors (Lipinski definition) is 3. The van der Waals surface area contributed by atoms with E-state index >= 15 is 0 Å². The highest BCUT2D eigenvalue weighted by molar-refractivity contribution is 6.78. The van der Waals surface area contributed by atoms with Crippen LogP contribution in [0.4, 0.5) is 4.79 Å². The Bertz CT molecular complexity index is 390. The second-order valence-electron chi connectivity index (χ2n) is 8.98. The van der Waals surface area contributed by atoms with Crippen molar-refractivity contribution in [1.82, 2.24) is 4.90 Å². The molecule has 0 fully saturated rings. The van der Waals surface area contributed by atoms with Gasteiger partial charge in [-0.15, -0.1) is 0 Å². The van der Waals surface area contributed by atoms with Crippen LogP contribution >= 0.6 is 0 Å². The summed E-state index contributed by atoms with van der Waals surface area (Å²) in [5, 5.41) is 0. The van der Waals surface area contributed by atoms with Crippen LogP contribution in [0.25, 0.3) is 0 Å². The maximum atomic E-state index is 12.9. The van der Waals surface area contributed by atoms with E-state index in [-0.39, 0.29) is 6.09 Å². The Kier molecular flexibility index (Phi) is 11.3. The fraction of sp³-hybridized carbons (Fsp3) is 0.950. The molecule has 0 spiro atoms. The van der Waals surface area contributed by atoms with Gasteiger partial charge >= 0.3 is 6.09 Å². The summed E-state index contributed by atoms with van der Waals surface area (Å²) >= 11 is 0. The van der Waals surface area contributed by atoms with Crippen LogP contribution in [0.1, 0.15) is 68.2 Å². The molecule has 0 heterocycles. The molecule has 0 saturated heterocycles. The van der Waals surface area contributed by atoms with E-state index in [2.05, 4.69) is 61.6 Å². The van der Waals surface area contributed by atoms with Gasteiger partial charge in [0, 0.05) is 19.7 Å². The third-order valence-electron chi connectivity index (χ3n) is 5.51. The van der Waals surface area contributed by atoms with Gasteiger partial charge in [0.1, 0.15) is 0 Å². The van der Waals surface area contributed by atoms with E-state index in [1.807, 2.05) is 11.8 Å². The average Bonchev–Trinajstić information content (AvgIpc) is 2.53. The number of rotatable bonds is 12. The molecule has 6 heteroatoms. The monoisotopic (exact) mass is 403 g/mol. The van der Waals surface area contributed by atoms with E-state index in [1.165, 1.54) is 0 Å². The van der Waals surface area contributed by atoms with Crippen molar-refractivity contribution in [2.24, 2.45) is 0 Å². The van der Waals surface area contributed by atoms with Gasteiger partial charge < -0.3 is 13.8 Å². The first kappa shape index (κ1) is 25.7. The summed E-state index contributed by atoms with van der Waals surface area (Å²) in [5.41, 5.74) is 1.25. The van der Waals surface area contributed by atoms with Crippen LogP contribution in [0.15, 0.2) is 0 Å². The van der Waals surface area contributed by atoms with Crippen molar-refractivity contribution in [2.75, 3.05) is 19.7 Å². The largest absolute Gasteiger partial charge is 0.503 e. The van der Waals surface area contributed by atoms with Gasteiger partial charge in [-0.1, -0.05) is 48.5 Å². The topological polar surface area (TPSA) is 38.8 Å². The van der Waals surface area contributed by atoms with Gasteiger partial charge in [-0.05, 0) is 55.5 Å². The second kappa shape index (κ2) is 11.5. The molecule has 0 radical (unpaired) electrons. The van der Waals surface area contributed by atoms with Gasteiger partial charge in [-0.25, -0.2) is 4.79 Å². The molecule has 1 amide bonds. The number of amides is 1. The molecule has 4 nitrogen and oxygen atoms in total. The fourth-order valence-electron chi connectivity index (χ4n) is 4.09. The van der Waals surface area contributed by atoms with E-state index in [1.54, 1.807) is 0 Å². The normalized spacial score (nSPS) is 13.0.